The fourth-order valence-electron chi connectivity index (χ4n) is 2.00. The maximum Gasteiger partial charge on any atom is 0.134 e. The third kappa shape index (κ3) is 3.14. The summed E-state index contributed by atoms with van der Waals surface area (Å²) < 4.78 is 19.1. The van der Waals surface area contributed by atoms with Gasteiger partial charge in [0.25, 0.3) is 0 Å². The van der Waals surface area contributed by atoms with Gasteiger partial charge in [-0.15, -0.1) is 0 Å². The Bertz CT molecular complexity index is 611. The van der Waals surface area contributed by atoms with Crippen LogP contribution in [0.4, 0.5) is 4.39 Å². The summed E-state index contributed by atoms with van der Waals surface area (Å²) >= 11 is 0. The summed E-state index contributed by atoms with van der Waals surface area (Å²) in [5.41, 5.74) is 1.59. The molecule has 1 aliphatic carbocycles. The van der Waals surface area contributed by atoms with E-state index in [0.29, 0.717) is 17.4 Å². The van der Waals surface area contributed by atoms with Crippen LogP contribution in [0.5, 0.6) is 11.5 Å². The fraction of sp³-hybridized carbons (Fsp3) is 0.312. The number of nitrogens with one attached hydrogen (secondary N) is 1. The van der Waals surface area contributed by atoms with Gasteiger partial charge < -0.3 is 10.1 Å². The van der Waals surface area contributed by atoms with Gasteiger partial charge in [-0.3, -0.25) is 4.98 Å². The largest absolute Gasteiger partial charge is 0.457 e. The van der Waals surface area contributed by atoms with Crippen LogP contribution in [-0.2, 0) is 6.54 Å². The Morgan fingerprint density at radius 3 is 2.95 bits per heavy atom. The van der Waals surface area contributed by atoms with Crippen molar-refractivity contribution in [3.63, 3.8) is 0 Å². The number of ether oxygens (including phenoxy) is 1. The van der Waals surface area contributed by atoms with Crippen LogP contribution in [0.1, 0.15) is 24.0 Å². The van der Waals surface area contributed by atoms with Crippen molar-refractivity contribution in [1.29, 1.82) is 0 Å². The highest BCUT2D eigenvalue weighted by Crippen LogP contribution is 2.27. The van der Waals surface area contributed by atoms with Gasteiger partial charge >= 0.3 is 0 Å². The third-order valence-electron chi connectivity index (χ3n) is 3.37. The number of rotatable bonds is 5. The summed E-state index contributed by atoms with van der Waals surface area (Å²) in [7, 11) is 0. The van der Waals surface area contributed by atoms with Gasteiger partial charge in [-0.25, -0.2) is 4.39 Å². The van der Waals surface area contributed by atoms with E-state index in [1.54, 1.807) is 31.5 Å². The first-order valence-corrected chi connectivity index (χ1v) is 6.82. The van der Waals surface area contributed by atoms with Gasteiger partial charge in [-0.2, -0.15) is 0 Å². The van der Waals surface area contributed by atoms with E-state index in [0.717, 1.165) is 17.9 Å². The van der Waals surface area contributed by atoms with Crippen LogP contribution in [-0.4, -0.2) is 11.0 Å². The Balaban J connectivity index is 1.76. The standard InChI is InChI=1S/C16H17FN2O/c1-11-8-14(4-5-15(11)17)20-16-6-7-18-9-12(16)10-19-13-2-3-13/h4-9,13,19H,2-3,10H2,1H3. The van der Waals surface area contributed by atoms with Crippen molar-refractivity contribution in [2.45, 2.75) is 32.4 Å². The molecule has 0 unspecified atom stereocenters. The van der Waals surface area contributed by atoms with E-state index in [1.807, 2.05) is 6.07 Å². The average molecular weight is 272 g/mol. The molecule has 0 bridgehead atoms. The predicted molar refractivity (Wildman–Crippen MR) is 75.3 cm³/mol. The van der Waals surface area contributed by atoms with Crippen molar-refractivity contribution in [1.82, 2.24) is 10.3 Å². The lowest BCUT2D eigenvalue weighted by atomic mass is 10.2. The number of nitrogens with zero attached hydrogens (tertiary/aromatic N) is 1. The van der Waals surface area contributed by atoms with Crippen molar-refractivity contribution in [2.24, 2.45) is 0 Å². The molecule has 0 spiro atoms. The van der Waals surface area contributed by atoms with Gasteiger partial charge in [-0.1, -0.05) is 0 Å². The molecule has 20 heavy (non-hydrogen) atoms. The van der Waals surface area contributed by atoms with E-state index in [-0.39, 0.29) is 5.82 Å². The average Bonchev–Trinajstić information content (AvgIpc) is 3.26. The molecule has 1 aliphatic rings. The minimum atomic E-state index is -0.220. The summed E-state index contributed by atoms with van der Waals surface area (Å²) in [6.45, 7) is 2.47. The maximum absolute atomic E-state index is 13.3. The van der Waals surface area contributed by atoms with E-state index >= 15 is 0 Å². The van der Waals surface area contributed by atoms with Crippen LogP contribution in [0, 0.1) is 12.7 Å². The van der Waals surface area contributed by atoms with Crippen molar-refractivity contribution >= 4 is 0 Å². The van der Waals surface area contributed by atoms with Crippen LogP contribution < -0.4 is 10.1 Å². The smallest absolute Gasteiger partial charge is 0.134 e. The van der Waals surface area contributed by atoms with Crippen LogP contribution in [0.3, 0.4) is 0 Å². The molecule has 3 rings (SSSR count). The molecule has 1 aromatic heterocycles. The molecule has 1 heterocycles. The zero-order valence-electron chi connectivity index (χ0n) is 11.4. The molecular weight excluding hydrogens is 255 g/mol. The number of pyridine rings is 1. The second kappa shape index (κ2) is 5.59. The van der Waals surface area contributed by atoms with Gasteiger partial charge in [0.2, 0.25) is 0 Å². The Kier molecular flexibility index (Phi) is 3.65. The van der Waals surface area contributed by atoms with Gasteiger partial charge in [0, 0.05) is 30.5 Å². The predicted octanol–water partition coefficient (Wildman–Crippen LogP) is 3.57. The van der Waals surface area contributed by atoms with E-state index in [9.17, 15) is 4.39 Å². The molecule has 3 nitrogen and oxygen atoms in total. The van der Waals surface area contributed by atoms with Gasteiger partial charge in [0.05, 0.1) is 0 Å². The van der Waals surface area contributed by atoms with E-state index in [1.165, 1.54) is 18.9 Å². The fourth-order valence-corrected chi connectivity index (χ4v) is 2.00. The second-order valence-electron chi connectivity index (χ2n) is 5.15. The second-order valence-corrected chi connectivity index (χ2v) is 5.15. The molecule has 104 valence electrons. The molecule has 4 heteroatoms. The molecule has 0 amide bonds. The first kappa shape index (κ1) is 13.1. The van der Waals surface area contributed by atoms with Crippen molar-refractivity contribution in [3.05, 3.63) is 53.6 Å². The van der Waals surface area contributed by atoms with E-state index in [4.69, 9.17) is 4.74 Å². The summed E-state index contributed by atoms with van der Waals surface area (Å²) in [6, 6.07) is 7.24. The summed E-state index contributed by atoms with van der Waals surface area (Å²) in [5, 5.41) is 3.44. The highest BCUT2D eigenvalue weighted by molar-refractivity contribution is 5.37. The number of hydrogen-bond donors (Lipinski definition) is 1. The monoisotopic (exact) mass is 272 g/mol. The molecule has 0 atom stereocenters. The lowest BCUT2D eigenvalue weighted by Gasteiger charge is -2.11. The summed E-state index contributed by atoms with van der Waals surface area (Å²) in [6.07, 6.45) is 5.99. The molecule has 0 radical (unpaired) electrons. The molecule has 0 saturated heterocycles. The third-order valence-corrected chi connectivity index (χ3v) is 3.37. The zero-order chi connectivity index (χ0) is 13.9. The van der Waals surface area contributed by atoms with Crippen molar-refractivity contribution in [3.8, 4) is 11.5 Å². The van der Waals surface area contributed by atoms with E-state index < -0.39 is 0 Å². The molecule has 1 fully saturated rings. The Labute approximate surface area is 117 Å². The molecule has 0 aliphatic heterocycles. The quantitative estimate of drug-likeness (QED) is 0.903. The number of halogens is 1. The first-order valence-electron chi connectivity index (χ1n) is 6.82. The SMILES string of the molecule is Cc1cc(Oc2ccncc2CNC2CC2)ccc1F. The number of hydrogen-bond acceptors (Lipinski definition) is 3. The van der Waals surface area contributed by atoms with Gasteiger partial charge in [-0.05, 0) is 49.6 Å². The highest BCUT2D eigenvalue weighted by atomic mass is 19.1. The van der Waals surface area contributed by atoms with Crippen LogP contribution in [0.25, 0.3) is 0 Å². The van der Waals surface area contributed by atoms with Crippen LogP contribution in [0.2, 0.25) is 0 Å². The Morgan fingerprint density at radius 2 is 2.20 bits per heavy atom. The van der Waals surface area contributed by atoms with Crippen molar-refractivity contribution < 1.29 is 9.13 Å². The number of aromatic nitrogens is 1. The van der Waals surface area contributed by atoms with Crippen LogP contribution in [0.15, 0.2) is 36.7 Å². The first-order chi connectivity index (χ1) is 9.72. The molecule has 1 N–H and O–H groups in total. The summed E-state index contributed by atoms with van der Waals surface area (Å²) in [5.74, 6) is 1.18. The number of benzene rings is 1. The molecular formula is C16H17FN2O. The van der Waals surface area contributed by atoms with E-state index in [2.05, 4.69) is 10.3 Å². The minimum absolute atomic E-state index is 0.220. The maximum atomic E-state index is 13.3. The van der Waals surface area contributed by atoms with Gasteiger partial charge in [0.15, 0.2) is 0 Å². The van der Waals surface area contributed by atoms with Crippen LogP contribution >= 0.6 is 0 Å². The zero-order valence-corrected chi connectivity index (χ0v) is 11.4. The normalized spacial score (nSPS) is 14.3. The molecule has 2 aromatic rings. The molecule has 1 aromatic carbocycles. The van der Waals surface area contributed by atoms with Gasteiger partial charge in [0.1, 0.15) is 17.3 Å². The minimum Gasteiger partial charge on any atom is -0.457 e. The molecule has 1 saturated carbocycles. The highest BCUT2D eigenvalue weighted by Gasteiger charge is 2.20. The lowest BCUT2D eigenvalue weighted by Crippen LogP contribution is -2.15. The Hall–Kier alpha value is -1.94. The van der Waals surface area contributed by atoms with Crippen molar-refractivity contribution in [2.75, 3.05) is 0 Å². The topological polar surface area (TPSA) is 34.1 Å². The lowest BCUT2D eigenvalue weighted by molar-refractivity contribution is 0.469. The number of aryl methyl sites for hydroxylation is 1. The Morgan fingerprint density at radius 1 is 1.35 bits per heavy atom. The summed E-state index contributed by atoms with van der Waals surface area (Å²) in [4.78, 5) is 4.14.